The Morgan fingerprint density at radius 2 is 2.47 bits per heavy atom. The van der Waals surface area contributed by atoms with Crippen LogP contribution in [0.3, 0.4) is 0 Å². The van der Waals surface area contributed by atoms with Gasteiger partial charge in [0.1, 0.15) is 5.69 Å². The van der Waals surface area contributed by atoms with Crippen LogP contribution >= 0.6 is 11.3 Å². The van der Waals surface area contributed by atoms with Crippen molar-refractivity contribution in [1.82, 2.24) is 14.9 Å². The number of nitrogens with zero attached hydrogens (tertiary/aromatic N) is 2. The fraction of sp³-hybridized carbons (Fsp3) is 0.333. The minimum absolute atomic E-state index is 0.166. The third-order valence-corrected chi connectivity index (χ3v) is 3.34. The molecule has 0 aliphatic carbocycles. The van der Waals surface area contributed by atoms with Gasteiger partial charge in [0.2, 0.25) is 0 Å². The number of hydrogen-bond donors (Lipinski definition) is 3. The molecule has 4 N–H and O–H groups in total. The zero-order chi connectivity index (χ0) is 13.7. The molecular weight excluding hydrogens is 264 g/mol. The molecule has 1 amide bonds. The average molecular weight is 280 g/mol. The molecule has 2 aromatic heterocycles. The lowest BCUT2D eigenvalue weighted by Gasteiger charge is -2.09. The Kier molecular flexibility index (Phi) is 4.67. The van der Waals surface area contributed by atoms with Crippen molar-refractivity contribution in [3.05, 3.63) is 40.6 Å². The van der Waals surface area contributed by atoms with Crippen LogP contribution in [0.4, 0.5) is 0 Å². The lowest BCUT2D eigenvalue weighted by molar-refractivity contribution is 0.0912. The van der Waals surface area contributed by atoms with Crippen LogP contribution in [0.5, 0.6) is 0 Å². The molecule has 6 nitrogen and oxygen atoms in total. The van der Waals surface area contributed by atoms with Gasteiger partial charge in [0, 0.05) is 25.8 Å². The maximum absolute atomic E-state index is 11.8. The molecule has 0 aromatic carbocycles. The predicted molar refractivity (Wildman–Crippen MR) is 72.9 cm³/mol. The zero-order valence-corrected chi connectivity index (χ0v) is 11.1. The van der Waals surface area contributed by atoms with E-state index in [0.29, 0.717) is 18.8 Å². The topological polar surface area (TPSA) is 93.2 Å². The number of hydrogen-bond acceptors (Lipinski definition) is 5. The predicted octanol–water partition coefficient (Wildman–Crippen LogP) is 0.367. The number of imidazole rings is 1. The Bertz CT molecular complexity index is 524. The van der Waals surface area contributed by atoms with Crippen LogP contribution in [0.15, 0.2) is 29.4 Å². The first-order chi connectivity index (χ1) is 9.20. The number of carbonyl (C=O) groups excluding carboxylic acids is 1. The first kappa shape index (κ1) is 13.7. The monoisotopic (exact) mass is 280 g/mol. The summed E-state index contributed by atoms with van der Waals surface area (Å²) in [5.74, 6) is -0.301. The molecule has 1 atom stereocenters. The van der Waals surface area contributed by atoms with Crippen molar-refractivity contribution < 1.29 is 9.90 Å². The third-order valence-electron chi connectivity index (χ3n) is 2.64. The summed E-state index contributed by atoms with van der Waals surface area (Å²) in [6, 6.07) is 1.83. The van der Waals surface area contributed by atoms with Crippen LogP contribution in [-0.4, -0.2) is 33.7 Å². The summed E-state index contributed by atoms with van der Waals surface area (Å²) < 4.78 is 1.75. The van der Waals surface area contributed by atoms with Gasteiger partial charge in [-0.05, 0) is 22.4 Å². The molecule has 0 spiro atoms. The second-order valence-electron chi connectivity index (χ2n) is 4.07. The normalized spacial score (nSPS) is 12.3. The second kappa shape index (κ2) is 6.46. The van der Waals surface area contributed by atoms with Gasteiger partial charge in [-0.25, -0.2) is 4.98 Å². The van der Waals surface area contributed by atoms with E-state index in [-0.39, 0.29) is 12.5 Å². The number of aromatic nitrogens is 2. The maximum atomic E-state index is 11.8. The largest absolute Gasteiger partial charge is 0.387 e. The van der Waals surface area contributed by atoms with E-state index in [1.165, 1.54) is 11.3 Å². The van der Waals surface area contributed by atoms with Gasteiger partial charge < -0.3 is 20.7 Å². The molecule has 0 aliphatic rings. The molecule has 0 aliphatic heterocycles. The summed E-state index contributed by atoms with van der Waals surface area (Å²) in [6.07, 6.45) is 2.51. The van der Waals surface area contributed by atoms with Crippen LogP contribution in [0, 0.1) is 0 Å². The molecule has 0 saturated carbocycles. The van der Waals surface area contributed by atoms with Gasteiger partial charge in [0.15, 0.2) is 0 Å². The highest BCUT2D eigenvalue weighted by Gasteiger charge is 2.12. The van der Waals surface area contributed by atoms with Gasteiger partial charge in [-0.2, -0.15) is 11.3 Å². The number of nitrogens with one attached hydrogen (secondary N) is 1. The number of amides is 1. The highest BCUT2D eigenvalue weighted by molar-refractivity contribution is 7.07. The first-order valence-electron chi connectivity index (χ1n) is 5.91. The average Bonchev–Trinajstić information content (AvgIpc) is 3.06. The van der Waals surface area contributed by atoms with Crippen LogP contribution in [-0.2, 0) is 6.54 Å². The number of nitrogens with two attached hydrogens (primary N) is 1. The van der Waals surface area contributed by atoms with Gasteiger partial charge in [-0.3, -0.25) is 4.79 Å². The lowest BCUT2D eigenvalue weighted by atomic mass is 10.2. The minimum Gasteiger partial charge on any atom is -0.387 e. The smallest absolute Gasteiger partial charge is 0.271 e. The van der Waals surface area contributed by atoms with E-state index in [2.05, 4.69) is 10.3 Å². The Morgan fingerprint density at radius 3 is 3.16 bits per heavy atom. The van der Waals surface area contributed by atoms with Gasteiger partial charge >= 0.3 is 0 Å². The third kappa shape index (κ3) is 3.63. The molecule has 1 unspecified atom stereocenters. The van der Waals surface area contributed by atoms with E-state index in [1.54, 1.807) is 17.1 Å². The summed E-state index contributed by atoms with van der Waals surface area (Å²) in [5, 5.41) is 16.2. The molecule has 0 radical (unpaired) electrons. The molecule has 19 heavy (non-hydrogen) atoms. The fourth-order valence-electron chi connectivity index (χ4n) is 1.61. The van der Waals surface area contributed by atoms with Crippen molar-refractivity contribution in [2.75, 3.05) is 13.1 Å². The van der Waals surface area contributed by atoms with Gasteiger partial charge in [-0.15, -0.1) is 0 Å². The van der Waals surface area contributed by atoms with Crippen molar-refractivity contribution in [2.45, 2.75) is 12.6 Å². The summed E-state index contributed by atoms with van der Waals surface area (Å²) in [4.78, 5) is 15.8. The van der Waals surface area contributed by atoms with Gasteiger partial charge in [-0.1, -0.05) is 0 Å². The van der Waals surface area contributed by atoms with E-state index >= 15 is 0 Å². The van der Waals surface area contributed by atoms with Crippen LogP contribution in [0.25, 0.3) is 0 Å². The Balaban J connectivity index is 1.86. The molecule has 0 bridgehead atoms. The molecule has 2 aromatic rings. The molecule has 2 rings (SSSR count). The standard InChI is InChI=1S/C12H16N4O2S/c13-2-3-16-6-10(15-8-16)12(18)14-5-11(17)9-1-4-19-7-9/h1,4,6-8,11,17H,2-3,5,13H2,(H,14,18). The molecule has 102 valence electrons. The van der Waals surface area contributed by atoms with E-state index in [4.69, 9.17) is 5.73 Å². The quantitative estimate of drug-likeness (QED) is 0.712. The van der Waals surface area contributed by atoms with Crippen molar-refractivity contribution in [3.63, 3.8) is 0 Å². The number of rotatable bonds is 6. The Morgan fingerprint density at radius 1 is 1.63 bits per heavy atom. The highest BCUT2D eigenvalue weighted by Crippen LogP contribution is 2.15. The summed E-state index contributed by atoms with van der Waals surface area (Å²) in [6.45, 7) is 1.28. The number of aliphatic hydroxyl groups is 1. The van der Waals surface area contributed by atoms with E-state index < -0.39 is 6.10 Å². The molecular formula is C12H16N4O2S. The first-order valence-corrected chi connectivity index (χ1v) is 6.85. The molecule has 7 heteroatoms. The van der Waals surface area contributed by atoms with Gasteiger partial charge in [0.25, 0.3) is 5.91 Å². The second-order valence-corrected chi connectivity index (χ2v) is 4.85. The minimum atomic E-state index is -0.693. The van der Waals surface area contributed by atoms with Crippen LogP contribution in [0.2, 0.25) is 0 Å². The summed E-state index contributed by atoms with van der Waals surface area (Å²) >= 11 is 1.51. The number of thiophene rings is 1. The summed E-state index contributed by atoms with van der Waals surface area (Å²) in [5.41, 5.74) is 6.55. The van der Waals surface area contributed by atoms with Crippen molar-refractivity contribution in [2.24, 2.45) is 5.73 Å². The maximum Gasteiger partial charge on any atom is 0.271 e. The van der Waals surface area contributed by atoms with Crippen molar-refractivity contribution in [3.8, 4) is 0 Å². The zero-order valence-electron chi connectivity index (χ0n) is 10.3. The van der Waals surface area contributed by atoms with E-state index in [1.807, 2.05) is 16.8 Å². The van der Waals surface area contributed by atoms with E-state index in [0.717, 1.165) is 5.56 Å². The van der Waals surface area contributed by atoms with E-state index in [9.17, 15) is 9.90 Å². The lowest BCUT2D eigenvalue weighted by Crippen LogP contribution is -2.28. The Labute approximate surface area is 114 Å². The van der Waals surface area contributed by atoms with Crippen molar-refractivity contribution in [1.29, 1.82) is 0 Å². The van der Waals surface area contributed by atoms with Gasteiger partial charge in [0.05, 0.1) is 12.4 Å². The number of aliphatic hydroxyl groups excluding tert-OH is 1. The van der Waals surface area contributed by atoms with Crippen LogP contribution < -0.4 is 11.1 Å². The summed E-state index contributed by atoms with van der Waals surface area (Å²) in [7, 11) is 0. The van der Waals surface area contributed by atoms with Crippen LogP contribution in [0.1, 0.15) is 22.2 Å². The molecule has 0 saturated heterocycles. The van der Waals surface area contributed by atoms with Crippen molar-refractivity contribution >= 4 is 17.2 Å². The highest BCUT2D eigenvalue weighted by atomic mass is 32.1. The fourth-order valence-corrected chi connectivity index (χ4v) is 2.32. The molecule has 0 fully saturated rings. The SMILES string of the molecule is NCCn1cnc(C(=O)NCC(O)c2ccsc2)c1. The molecule has 2 heterocycles. The Hall–Kier alpha value is -1.70. The number of carbonyl (C=O) groups is 1.